The van der Waals surface area contributed by atoms with E-state index in [-0.39, 0.29) is 0 Å². The van der Waals surface area contributed by atoms with Crippen molar-refractivity contribution in [2.24, 2.45) is 4.99 Å². The molecule has 0 saturated carbocycles. The average Bonchev–Trinajstić information content (AvgIpc) is 2.53. The van der Waals surface area contributed by atoms with Crippen LogP contribution in [0.25, 0.3) is 0 Å². The smallest absolute Gasteiger partial charge is 0.216 e. The van der Waals surface area contributed by atoms with Crippen molar-refractivity contribution in [2.75, 3.05) is 13.2 Å². The number of rotatable bonds is 1. The Morgan fingerprint density at radius 3 is 2.38 bits per heavy atom. The van der Waals surface area contributed by atoms with Crippen LogP contribution in [0, 0.1) is 7.14 Å². The zero-order valence-corrected chi connectivity index (χ0v) is 11.1. The molecule has 1 aliphatic rings. The molecule has 0 spiro atoms. The fourth-order valence-corrected chi connectivity index (χ4v) is 3.12. The molecule has 13 heavy (non-hydrogen) atoms. The van der Waals surface area contributed by atoms with Crippen LogP contribution in [0.1, 0.15) is 5.56 Å². The molecule has 0 amide bonds. The van der Waals surface area contributed by atoms with Gasteiger partial charge in [0, 0.05) is 12.7 Å². The molecule has 2 rings (SSSR count). The standard InChI is InChI=1S/C9H7I2NO/c10-7-3-6(4-8(11)5-7)9-12-1-2-13-9/h3-5H,1-2H2. The molecule has 0 saturated heterocycles. The summed E-state index contributed by atoms with van der Waals surface area (Å²) in [5.74, 6) is 0.788. The van der Waals surface area contributed by atoms with Crippen molar-refractivity contribution in [1.82, 2.24) is 0 Å². The Labute approximate surface area is 104 Å². The molecule has 0 unspecified atom stereocenters. The van der Waals surface area contributed by atoms with Crippen LogP contribution in [0.2, 0.25) is 0 Å². The summed E-state index contributed by atoms with van der Waals surface area (Å²) >= 11 is 4.60. The molecule has 0 radical (unpaired) electrons. The summed E-state index contributed by atoms with van der Waals surface area (Å²) in [5.41, 5.74) is 1.09. The molecule has 1 aromatic rings. The lowest BCUT2D eigenvalue weighted by molar-refractivity contribution is 0.348. The molecule has 4 heteroatoms. The highest BCUT2D eigenvalue weighted by atomic mass is 127. The fourth-order valence-electron chi connectivity index (χ4n) is 1.19. The van der Waals surface area contributed by atoms with Crippen molar-refractivity contribution in [3.63, 3.8) is 0 Å². The van der Waals surface area contributed by atoms with Gasteiger partial charge >= 0.3 is 0 Å². The molecular formula is C9H7I2NO. The third-order valence-corrected chi connectivity index (χ3v) is 2.94. The second kappa shape index (κ2) is 4.12. The van der Waals surface area contributed by atoms with E-state index in [0.29, 0.717) is 0 Å². The van der Waals surface area contributed by atoms with Gasteiger partial charge in [-0.15, -0.1) is 0 Å². The van der Waals surface area contributed by atoms with Crippen molar-refractivity contribution in [3.05, 3.63) is 30.9 Å². The SMILES string of the molecule is Ic1cc(I)cc(C2=NCCO2)c1. The zero-order chi connectivity index (χ0) is 9.26. The minimum Gasteiger partial charge on any atom is -0.476 e. The summed E-state index contributed by atoms with van der Waals surface area (Å²) in [4.78, 5) is 4.28. The van der Waals surface area contributed by atoms with E-state index in [2.05, 4.69) is 68.4 Å². The van der Waals surface area contributed by atoms with Crippen LogP contribution in [0.4, 0.5) is 0 Å². The number of hydrogen-bond donors (Lipinski definition) is 0. The molecule has 68 valence electrons. The predicted octanol–water partition coefficient (Wildman–Crippen LogP) is 2.67. The van der Waals surface area contributed by atoms with Gasteiger partial charge in [-0.2, -0.15) is 0 Å². The molecular weight excluding hydrogens is 392 g/mol. The van der Waals surface area contributed by atoms with Gasteiger partial charge < -0.3 is 4.74 Å². The Bertz CT molecular complexity index is 342. The van der Waals surface area contributed by atoms with E-state index in [1.54, 1.807) is 0 Å². The van der Waals surface area contributed by atoms with E-state index in [1.165, 1.54) is 7.14 Å². The van der Waals surface area contributed by atoms with E-state index < -0.39 is 0 Å². The Kier molecular flexibility index (Phi) is 3.07. The molecule has 2 nitrogen and oxygen atoms in total. The van der Waals surface area contributed by atoms with Gasteiger partial charge in [0.25, 0.3) is 0 Å². The summed E-state index contributed by atoms with van der Waals surface area (Å²) in [6, 6.07) is 6.31. The minimum atomic E-state index is 0.720. The van der Waals surface area contributed by atoms with Crippen molar-refractivity contribution < 1.29 is 4.74 Å². The summed E-state index contributed by atoms with van der Waals surface area (Å²) in [6.07, 6.45) is 0. The Balaban J connectivity index is 2.39. The van der Waals surface area contributed by atoms with E-state index in [1.807, 2.05) is 0 Å². The summed E-state index contributed by atoms with van der Waals surface area (Å²) in [6.45, 7) is 1.51. The second-order valence-corrected chi connectivity index (χ2v) is 5.18. The fraction of sp³-hybridized carbons (Fsp3) is 0.222. The first-order valence-electron chi connectivity index (χ1n) is 3.89. The van der Waals surface area contributed by atoms with Crippen LogP contribution < -0.4 is 0 Å². The Morgan fingerprint density at radius 1 is 1.15 bits per heavy atom. The Hall–Kier alpha value is 0.150. The van der Waals surface area contributed by atoms with Crippen LogP contribution in [-0.4, -0.2) is 19.0 Å². The third-order valence-electron chi connectivity index (χ3n) is 1.69. The highest BCUT2D eigenvalue weighted by molar-refractivity contribution is 14.1. The van der Waals surface area contributed by atoms with Crippen molar-refractivity contribution in [1.29, 1.82) is 0 Å². The normalized spacial score (nSPS) is 15.4. The molecule has 1 aromatic carbocycles. The molecule has 0 aromatic heterocycles. The number of halogens is 2. The molecule has 0 N–H and O–H groups in total. The zero-order valence-electron chi connectivity index (χ0n) is 6.76. The predicted molar refractivity (Wildman–Crippen MR) is 69.2 cm³/mol. The van der Waals surface area contributed by atoms with E-state index in [9.17, 15) is 0 Å². The van der Waals surface area contributed by atoms with Crippen LogP contribution in [0.5, 0.6) is 0 Å². The van der Waals surface area contributed by atoms with Crippen LogP contribution in [0.3, 0.4) is 0 Å². The first kappa shape index (κ1) is 9.70. The van der Waals surface area contributed by atoms with Gasteiger partial charge in [-0.25, -0.2) is 4.99 Å². The Morgan fingerprint density at radius 2 is 1.85 bits per heavy atom. The molecule has 0 bridgehead atoms. The van der Waals surface area contributed by atoms with Gasteiger partial charge in [-0.05, 0) is 63.4 Å². The second-order valence-electron chi connectivity index (χ2n) is 2.69. The van der Waals surface area contributed by atoms with Gasteiger partial charge in [-0.1, -0.05) is 0 Å². The quantitative estimate of drug-likeness (QED) is 0.666. The molecule has 1 heterocycles. The van der Waals surface area contributed by atoms with Crippen molar-refractivity contribution >= 4 is 51.1 Å². The molecule has 0 aliphatic carbocycles. The van der Waals surface area contributed by atoms with Gasteiger partial charge in [0.2, 0.25) is 5.90 Å². The van der Waals surface area contributed by atoms with Gasteiger partial charge in [0.05, 0.1) is 6.54 Å². The largest absolute Gasteiger partial charge is 0.476 e. The van der Waals surface area contributed by atoms with E-state index >= 15 is 0 Å². The number of nitrogens with zero attached hydrogens (tertiary/aromatic N) is 1. The maximum Gasteiger partial charge on any atom is 0.216 e. The lowest BCUT2D eigenvalue weighted by Crippen LogP contribution is -2.01. The van der Waals surface area contributed by atoms with Gasteiger partial charge in [-0.3, -0.25) is 0 Å². The van der Waals surface area contributed by atoms with Gasteiger partial charge in [0.15, 0.2) is 0 Å². The lowest BCUT2D eigenvalue weighted by atomic mass is 10.2. The maximum atomic E-state index is 5.39. The van der Waals surface area contributed by atoms with Crippen molar-refractivity contribution in [2.45, 2.75) is 0 Å². The monoisotopic (exact) mass is 399 g/mol. The highest BCUT2D eigenvalue weighted by Crippen LogP contribution is 2.16. The number of hydrogen-bond acceptors (Lipinski definition) is 2. The van der Waals surface area contributed by atoms with Crippen LogP contribution in [0.15, 0.2) is 23.2 Å². The minimum absolute atomic E-state index is 0.720. The third kappa shape index (κ3) is 2.34. The molecule has 0 fully saturated rings. The van der Waals surface area contributed by atoms with Crippen LogP contribution >= 0.6 is 45.2 Å². The van der Waals surface area contributed by atoms with E-state index in [0.717, 1.165) is 24.6 Å². The molecule has 1 aliphatic heterocycles. The maximum absolute atomic E-state index is 5.39. The summed E-state index contributed by atoms with van der Waals surface area (Å²) in [5, 5.41) is 0. The number of benzene rings is 1. The summed E-state index contributed by atoms with van der Waals surface area (Å²) in [7, 11) is 0. The first-order chi connectivity index (χ1) is 6.25. The van der Waals surface area contributed by atoms with Gasteiger partial charge in [0.1, 0.15) is 6.61 Å². The highest BCUT2D eigenvalue weighted by Gasteiger charge is 2.10. The lowest BCUT2D eigenvalue weighted by Gasteiger charge is -2.02. The molecule has 0 atom stereocenters. The van der Waals surface area contributed by atoms with Crippen molar-refractivity contribution in [3.8, 4) is 0 Å². The van der Waals surface area contributed by atoms with Crippen LogP contribution in [-0.2, 0) is 4.74 Å². The number of aliphatic imine (C=N–C) groups is 1. The van der Waals surface area contributed by atoms with E-state index in [4.69, 9.17) is 4.74 Å². The first-order valence-corrected chi connectivity index (χ1v) is 6.05. The topological polar surface area (TPSA) is 21.6 Å². The summed E-state index contributed by atoms with van der Waals surface area (Å²) < 4.78 is 7.83. The number of ether oxygens (including phenoxy) is 1. The average molecular weight is 399 g/mol.